The predicted molar refractivity (Wildman–Crippen MR) is 76.9 cm³/mol. The number of amides is 2. The van der Waals surface area contributed by atoms with E-state index in [2.05, 4.69) is 10.6 Å². The molecule has 0 aromatic heterocycles. The van der Waals surface area contributed by atoms with E-state index in [1.165, 1.54) is 0 Å². The number of benzene rings is 2. The van der Waals surface area contributed by atoms with Crippen LogP contribution in [-0.4, -0.2) is 6.03 Å². The molecule has 94 valence electrons. The predicted octanol–water partition coefficient (Wildman–Crippen LogP) is 4.36. The number of rotatable bonds is 2. The lowest BCUT2D eigenvalue weighted by atomic mass is 10.3. The molecular weight excluding hydrogens is 224 g/mol. The van der Waals surface area contributed by atoms with Gasteiger partial charge in [0.2, 0.25) is 0 Å². The van der Waals surface area contributed by atoms with Gasteiger partial charge in [0.05, 0.1) is 0 Å². The Bertz CT molecular complexity index is 411. The van der Waals surface area contributed by atoms with E-state index in [1.807, 2.05) is 74.5 Å². The van der Waals surface area contributed by atoms with Crippen LogP contribution in [0, 0.1) is 0 Å². The van der Waals surface area contributed by atoms with E-state index in [-0.39, 0.29) is 6.03 Å². The molecule has 0 aliphatic heterocycles. The highest BCUT2D eigenvalue weighted by Gasteiger charge is 2.00. The summed E-state index contributed by atoms with van der Waals surface area (Å²) in [5.74, 6) is 0. The summed E-state index contributed by atoms with van der Waals surface area (Å²) in [5, 5.41) is 5.48. The van der Waals surface area contributed by atoms with Crippen molar-refractivity contribution in [2.75, 3.05) is 10.6 Å². The maximum Gasteiger partial charge on any atom is 0.323 e. The second kappa shape index (κ2) is 7.90. The average molecular weight is 242 g/mol. The van der Waals surface area contributed by atoms with Crippen LogP contribution in [0.1, 0.15) is 13.8 Å². The zero-order valence-corrected chi connectivity index (χ0v) is 10.7. The monoisotopic (exact) mass is 242 g/mol. The lowest BCUT2D eigenvalue weighted by Crippen LogP contribution is -2.19. The fourth-order valence-electron chi connectivity index (χ4n) is 1.34. The summed E-state index contributed by atoms with van der Waals surface area (Å²) in [4.78, 5) is 11.6. The lowest BCUT2D eigenvalue weighted by Gasteiger charge is -2.06. The molecule has 0 saturated heterocycles. The number of anilines is 2. The Morgan fingerprint density at radius 2 is 1.06 bits per heavy atom. The largest absolute Gasteiger partial charge is 0.323 e. The van der Waals surface area contributed by atoms with E-state index < -0.39 is 0 Å². The van der Waals surface area contributed by atoms with Gasteiger partial charge in [-0.05, 0) is 24.3 Å². The first-order valence-corrected chi connectivity index (χ1v) is 6.03. The molecule has 0 radical (unpaired) electrons. The molecule has 0 fully saturated rings. The van der Waals surface area contributed by atoms with Crippen molar-refractivity contribution in [3.8, 4) is 0 Å². The zero-order chi connectivity index (χ0) is 13.2. The van der Waals surface area contributed by atoms with Crippen LogP contribution in [0.15, 0.2) is 60.7 Å². The fourth-order valence-corrected chi connectivity index (χ4v) is 1.34. The average Bonchev–Trinajstić information content (AvgIpc) is 2.43. The van der Waals surface area contributed by atoms with E-state index in [4.69, 9.17) is 0 Å². The number of hydrogen-bond acceptors (Lipinski definition) is 1. The van der Waals surface area contributed by atoms with Crippen molar-refractivity contribution >= 4 is 17.4 Å². The lowest BCUT2D eigenvalue weighted by molar-refractivity contribution is 0.262. The molecule has 0 heterocycles. The molecule has 2 aromatic rings. The van der Waals surface area contributed by atoms with Gasteiger partial charge in [-0.1, -0.05) is 50.2 Å². The first kappa shape index (κ1) is 13.8. The normalized spacial score (nSPS) is 8.78. The van der Waals surface area contributed by atoms with Crippen LogP contribution in [0.4, 0.5) is 16.2 Å². The topological polar surface area (TPSA) is 41.1 Å². The summed E-state index contributed by atoms with van der Waals surface area (Å²) in [5.41, 5.74) is 1.55. The maximum absolute atomic E-state index is 11.6. The Hall–Kier alpha value is -2.29. The first-order chi connectivity index (χ1) is 8.84. The molecule has 0 aliphatic rings. The number of urea groups is 1. The highest BCUT2D eigenvalue weighted by molar-refractivity contribution is 5.99. The Morgan fingerprint density at radius 1 is 0.722 bits per heavy atom. The van der Waals surface area contributed by atoms with Gasteiger partial charge >= 0.3 is 6.03 Å². The van der Waals surface area contributed by atoms with Crippen molar-refractivity contribution in [2.24, 2.45) is 0 Å². The molecule has 2 N–H and O–H groups in total. The summed E-state index contributed by atoms with van der Waals surface area (Å²) in [6.45, 7) is 4.00. The first-order valence-electron chi connectivity index (χ1n) is 6.03. The fraction of sp³-hybridized carbons (Fsp3) is 0.133. The molecule has 3 heteroatoms. The molecule has 2 aromatic carbocycles. The maximum atomic E-state index is 11.6. The van der Waals surface area contributed by atoms with Crippen molar-refractivity contribution in [1.82, 2.24) is 0 Å². The van der Waals surface area contributed by atoms with E-state index in [0.29, 0.717) is 0 Å². The zero-order valence-electron chi connectivity index (χ0n) is 10.7. The Kier molecular flexibility index (Phi) is 6.04. The third kappa shape index (κ3) is 4.70. The van der Waals surface area contributed by atoms with Gasteiger partial charge in [0.15, 0.2) is 0 Å². The van der Waals surface area contributed by atoms with Gasteiger partial charge in [0.25, 0.3) is 0 Å². The molecule has 3 nitrogen and oxygen atoms in total. The highest BCUT2D eigenvalue weighted by Crippen LogP contribution is 2.08. The minimum absolute atomic E-state index is 0.239. The SMILES string of the molecule is CC.O=C(Nc1ccccc1)Nc1ccccc1. The third-order valence-corrected chi connectivity index (χ3v) is 2.06. The highest BCUT2D eigenvalue weighted by atomic mass is 16.2. The van der Waals surface area contributed by atoms with Crippen molar-refractivity contribution in [1.29, 1.82) is 0 Å². The van der Waals surface area contributed by atoms with Crippen molar-refractivity contribution in [2.45, 2.75) is 13.8 Å². The number of para-hydroxylation sites is 2. The number of hydrogen-bond donors (Lipinski definition) is 2. The van der Waals surface area contributed by atoms with Gasteiger partial charge in [0, 0.05) is 11.4 Å². The van der Waals surface area contributed by atoms with Crippen LogP contribution in [0.3, 0.4) is 0 Å². The second-order valence-electron chi connectivity index (χ2n) is 3.31. The van der Waals surface area contributed by atoms with Crippen LogP contribution in [0.25, 0.3) is 0 Å². The Labute approximate surface area is 108 Å². The van der Waals surface area contributed by atoms with E-state index in [1.54, 1.807) is 0 Å². The Morgan fingerprint density at radius 3 is 1.39 bits per heavy atom. The Balaban J connectivity index is 0.000000771. The van der Waals surface area contributed by atoms with Crippen LogP contribution in [0.5, 0.6) is 0 Å². The summed E-state index contributed by atoms with van der Waals surface area (Å²) in [6.07, 6.45) is 0. The molecule has 0 spiro atoms. The second-order valence-corrected chi connectivity index (χ2v) is 3.31. The molecule has 0 saturated carbocycles. The molecule has 2 rings (SSSR count). The number of nitrogens with one attached hydrogen (secondary N) is 2. The van der Waals surface area contributed by atoms with Crippen molar-refractivity contribution in [3.63, 3.8) is 0 Å². The van der Waals surface area contributed by atoms with Gasteiger partial charge in [-0.15, -0.1) is 0 Å². The van der Waals surface area contributed by atoms with Crippen LogP contribution in [0.2, 0.25) is 0 Å². The van der Waals surface area contributed by atoms with E-state index in [0.717, 1.165) is 11.4 Å². The summed E-state index contributed by atoms with van der Waals surface area (Å²) < 4.78 is 0. The molecule has 0 atom stereocenters. The quantitative estimate of drug-likeness (QED) is 0.807. The van der Waals surface area contributed by atoms with Gasteiger partial charge in [-0.2, -0.15) is 0 Å². The standard InChI is InChI=1S/C13H12N2O.C2H6/c16-13(14-11-7-3-1-4-8-11)15-12-9-5-2-6-10-12;1-2/h1-10H,(H2,14,15,16);1-2H3. The molecule has 2 amide bonds. The van der Waals surface area contributed by atoms with Crippen molar-refractivity contribution in [3.05, 3.63) is 60.7 Å². The summed E-state index contributed by atoms with van der Waals surface area (Å²) in [6, 6.07) is 18.4. The van der Waals surface area contributed by atoms with Gasteiger partial charge in [0.1, 0.15) is 0 Å². The smallest absolute Gasteiger partial charge is 0.308 e. The minimum atomic E-state index is -0.239. The number of carbonyl (C=O) groups is 1. The minimum Gasteiger partial charge on any atom is -0.308 e. The molecular formula is C15H18N2O. The number of carbonyl (C=O) groups excluding carboxylic acids is 1. The van der Waals surface area contributed by atoms with Crippen LogP contribution in [-0.2, 0) is 0 Å². The molecule has 0 unspecified atom stereocenters. The van der Waals surface area contributed by atoms with E-state index >= 15 is 0 Å². The van der Waals surface area contributed by atoms with Gasteiger partial charge in [-0.25, -0.2) is 4.79 Å². The summed E-state index contributed by atoms with van der Waals surface area (Å²) >= 11 is 0. The van der Waals surface area contributed by atoms with E-state index in [9.17, 15) is 4.79 Å². The van der Waals surface area contributed by atoms with Gasteiger partial charge in [-0.3, -0.25) is 0 Å². The van der Waals surface area contributed by atoms with Crippen LogP contribution >= 0.6 is 0 Å². The molecule has 0 bridgehead atoms. The van der Waals surface area contributed by atoms with Crippen molar-refractivity contribution < 1.29 is 4.79 Å². The summed E-state index contributed by atoms with van der Waals surface area (Å²) in [7, 11) is 0. The third-order valence-electron chi connectivity index (χ3n) is 2.06. The van der Waals surface area contributed by atoms with Gasteiger partial charge < -0.3 is 10.6 Å². The molecule has 18 heavy (non-hydrogen) atoms. The van der Waals surface area contributed by atoms with Crippen LogP contribution < -0.4 is 10.6 Å². The molecule has 0 aliphatic carbocycles.